The highest BCUT2D eigenvalue weighted by atomic mass is 15.1. The van der Waals surface area contributed by atoms with Crippen LogP contribution in [0.15, 0.2) is 66.0 Å². The summed E-state index contributed by atoms with van der Waals surface area (Å²) in [5.74, 6) is 1.03. The standard InChI is InChI=1S/C16H18N4/c1-2-6-12-20(11-5-1)15-8-4-3-7-14(15)19-13-16-17-9-10-18-16/h1-8,11-12,19H,9-10,13H2,(H,17,18). The van der Waals surface area contributed by atoms with E-state index in [0.29, 0.717) is 0 Å². The van der Waals surface area contributed by atoms with Gasteiger partial charge in [0.05, 0.1) is 24.5 Å². The Bertz CT molecular complexity index is 568. The summed E-state index contributed by atoms with van der Waals surface area (Å²) in [5, 5.41) is 6.72. The zero-order valence-electron chi connectivity index (χ0n) is 11.3. The van der Waals surface area contributed by atoms with Gasteiger partial charge in [-0.15, -0.1) is 0 Å². The van der Waals surface area contributed by atoms with Crippen molar-refractivity contribution < 1.29 is 0 Å². The second-order valence-electron chi connectivity index (χ2n) is 4.60. The maximum absolute atomic E-state index is 4.40. The lowest BCUT2D eigenvalue weighted by Gasteiger charge is -2.20. The van der Waals surface area contributed by atoms with E-state index in [2.05, 4.69) is 32.7 Å². The van der Waals surface area contributed by atoms with E-state index in [-0.39, 0.29) is 0 Å². The SMILES string of the molecule is C1=CC=CN(c2ccccc2NCC2=NCCN2)C=C1. The third-order valence-corrected chi connectivity index (χ3v) is 3.20. The average molecular weight is 266 g/mol. The van der Waals surface area contributed by atoms with E-state index >= 15 is 0 Å². The summed E-state index contributed by atoms with van der Waals surface area (Å²) in [4.78, 5) is 6.50. The smallest absolute Gasteiger partial charge is 0.116 e. The molecule has 0 unspecified atom stereocenters. The van der Waals surface area contributed by atoms with Gasteiger partial charge in [-0.25, -0.2) is 0 Å². The van der Waals surface area contributed by atoms with Crippen molar-refractivity contribution in [2.75, 3.05) is 29.9 Å². The number of para-hydroxylation sites is 2. The molecule has 0 amide bonds. The van der Waals surface area contributed by atoms with E-state index in [0.717, 1.165) is 36.8 Å². The van der Waals surface area contributed by atoms with Crippen LogP contribution >= 0.6 is 0 Å². The van der Waals surface area contributed by atoms with Crippen LogP contribution in [0.2, 0.25) is 0 Å². The molecule has 2 aliphatic rings. The molecule has 3 rings (SSSR count). The Morgan fingerprint density at radius 1 is 1.10 bits per heavy atom. The fourth-order valence-corrected chi connectivity index (χ4v) is 2.22. The summed E-state index contributed by atoms with van der Waals surface area (Å²) in [7, 11) is 0. The van der Waals surface area contributed by atoms with Crippen molar-refractivity contribution >= 4 is 17.2 Å². The van der Waals surface area contributed by atoms with Gasteiger partial charge in [0.2, 0.25) is 0 Å². The van der Waals surface area contributed by atoms with Gasteiger partial charge in [0.15, 0.2) is 0 Å². The number of aliphatic imine (C=N–C) groups is 1. The summed E-state index contributed by atoms with van der Waals surface area (Å²) >= 11 is 0. The van der Waals surface area contributed by atoms with E-state index in [1.165, 1.54) is 0 Å². The molecule has 0 aliphatic carbocycles. The molecule has 20 heavy (non-hydrogen) atoms. The number of amidine groups is 1. The van der Waals surface area contributed by atoms with E-state index in [9.17, 15) is 0 Å². The minimum Gasteiger partial charge on any atom is -0.376 e. The molecule has 0 bridgehead atoms. The van der Waals surface area contributed by atoms with Gasteiger partial charge in [0.25, 0.3) is 0 Å². The molecule has 4 nitrogen and oxygen atoms in total. The highest BCUT2D eigenvalue weighted by Gasteiger charge is 2.09. The molecule has 0 radical (unpaired) electrons. The Morgan fingerprint density at radius 2 is 1.90 bits per heavy atom. The van der Waals surface area contributed by atoms with Gasteiger partial charge >= 0.3 is 0 Å². The minimum absolute atomic E-state index is 0.733. The highest BCUT2D eigenvalue weighted by Crippen LogP contribution is 2.26. The lowest BCUT2D eigenvalue weighted by atomic mass is 10.2. The van der Waals surface area contributed by atoms with E-state index in [4.69, 9.17) is 0 Å². The molecule has 0 spiro atoms. The Balaban J connectivity index is 1.77. The molecule has 0 atom stereocenters. The van der Waals surface area contributed by atoms with Crippen LogP contribution in [0.5, 0.6) is 0 Å². The van der Waals surface area contributed by atoms with Gasteiger partial charge in [-0.05, 0) is 24.3 Å². The van der Waals surface area contributed by atoms with Gasteiger partial charge in [-0.2, -0.15) is 0 Å². The number of benzene rings is 1. The number of hydrogen-bond acceptors (Lipinski definition) is 4. The molecule has 0 aromatic heterocycles. The largest absolute Gasteiger partial charge is 0.376 e. The van der Waals surface area contributed by atoms with Crippen molar-refractivity contribution in [2.45, 2.75) is 0 Å². The molecule has 1 aromatic rings. The average Bonchev–Trinajstić information content (AvgIpc) is 2.86. The van der Waals surface area contributed by atoms with Crippen molar-refractivity contribution in [3.63, 3.8) is 0 Å². The normalized spacial score (nSPS) is 16.8. The topological polar surface area (TPSA) is 39.7 Å². The van der Waals surface area contributed by atoms with Gasteiger partial charge in [-0.3, -0.25) is 4.99 Å². The monoisotopic (exact) mass is 266 g/mol. The first-order valence-corrected chi connectivity index (χ1v) is 6.83. The van der Waals surface area contributed by atoms with Crippen LogP contribution in [0.3, 0.4) is 0 Å². The number of allylic oxidation sites excluding steroid dienone is 4. The molecule has 0 fully saturated rings. The molecular formula is C16H18N4. The number of rotatable bonds is 4. The number of nitrogens with zero attached hydrogens (tertiary/aromatic N) is 2. The second kappa shape index (κ2) is 6.10. The van der Waals surface area contributed by atoms with Crippen LogP contribution in [0.4, 0.5) is 11.4 Å². The zero-order valence-corrected chi connectivity index (χ0v) is 11.3. The molecule has 2 N–H and O–H groups in total. The maximum Gasteiger partial charge on any atom is 0.116 e. The van der Waals surface area contributed by atoms with Crippen LogP contribution < -0.4 is 15.5 Å². The van der Waals surface area contributed by atoms with Crippen LogP contribution in [0, 0.1) is 0 Å². The minimum atomic E-state index is 0.733. The van der Waals surface area contributed by atoms with E-state index in [1.807, 2.05) is 48.8 Å². The lowest BCUT2D eigenvalue weighted by Crippen LogP contribution is -2.26. The Hall–Kier alpha value is -2.49. The maximum atomic E-state index is 4.40. The van der Waals surface area contributed by atoms with E-state index < -0.39 is 0 Å². The fraction of sp³-hybridized carbons (Fsp3) is 0.188. The first-order chi connectivity index (χ1) is 9.93. The van der Waals surface area contributed by atoms with Crippen LogP contribution in [0.1, 0.15) is 0 Å². The van der Waals surface area contributed by atoms with Gasteiger partial charge < -0.3 is 15.5 Å². The van der Waals surface area contributed by atoms with Gasteiger partial charge in [-0.1, -0.05) is 24.3 Å². The van der Waals surface area contributed by atoms with Gasteiger partial charge in [0, 0.05) is 18.9 Å². The molecule has 0 saturated carbocycles. The van der Waals surface area contributed by atoms with Gasteiger partial charge in [0.1, 0.15) is 5.84 Å². The summed E-state index contributed by atoms with van der Waals surface area (Å²) in [6.07, 6.45) is 12.2. The fourth-order valence-electron chi connectivity index (χ4n) is 2.22. The zero-order chi connectivity index (χ0) is 13.6. The molecule has 4 heteroatoms. The van der Waals surface area contributed by atoms with Crippen LogP contribution in [0.25, 0.3) is 0 Å². The van der Waals surface area contributed by atoms with Crippen LogP contribution in [-0.4, -0.2) is 25.5 Å². The summed E-state index contributed by atoms with van der Waals surface area (Å²) in [6.45, 7) is 2.56. The van der Waals surface area contributed by atoms with Crippen molar-refractivity contribution in [1.29, 1.82) is 0 Å². The third-order valence-electron chi connectivity index (χ3n) is 3.20. The lowest BCUT2D eigenvalue weighted by molar-refractivity contribution is 0.956. The Kier molecular flexibility index (Phi) is 3.83. The van der Waals surface area contributed by atoms with Crippen molar-refractivity contribution in [2.24, 2.45) is 4.99 Å². The predicted molar refractivity (Wildman–Crippen MR) is 85.1 cm³/mol. The molecular weight excluding hydrogens is 248 g/mol. The third kappa shape index (κ3) is 2.91. The Morgan fingerprint density at radius 3 is 2.65 bits per heavy atom. The quantitative estimate of drug-likeness (QED) is 0.879. The molecule has 0 saturated heterocycles. The number of anilines is 2. The first-order valence-electron chi connectivity index (χ1n) is 6.83. The summed E-state index contributed by atoms with van der Waals surface area (Å²) < 4.78 is 0. The highest BCUT2D eigenvalue weighted by molar-refractivity contribution is 5.88. The Labute approximate surface area is 119 Å². The molecule has 102 valence electrons. The van der Waals surface area contributed by atoms with Crippen molar-refractivity contribution in [1.82, 2.24) is 5.32 Å². The summed E-state index contributed by atoms with van der Waals surface area (Å²) in [5.41, 5.74) is 2.22. The predicted octanol–water partition coefficient (Wildman–Crippen LogP) is 2.50. The van der Waals surface area contributed by atoms with E-state index in [1.54, 1.807) is 0 Å². The van der Waals surface area contributed by atoms with Crippen molar-refractivity contribution in [3.05, 3.63) is 61.0 Å². The molecule has 1 aromatic carbocycles. The number of hydrogen-bond donors (Lipinski definition) is 2. The van der Waals surface area contributed by atoms with Crippen LogP contribution in [-0.2, 0) is 0 Å². The summed E-state index contributed by atoms with van der Waals surface area (Å²) in [6, 6.07) is 8.28. The molecule has 2 aliphatic heterocycles. The molecule has 2 heterocycles. The van der Waals surface area contributed by atoms with Crippen molar-refractivity contribution in [3.8, 4) is 0 Å². The second-order valence-corrected chi connectivity index (χ2v) is 4.60. The first kappa shape index (κ1) is 12.5. The number of nitrogens with one attached hydrogen (secondary N) is 2.